The van der Waals surface area contributed by atoms with Crippen LogP contribution < -0.4 is 5.32 Å². The molecule has 0 bridgehead atoms. The minimum absolute atomic E-state index is 0.808. The van der Waals surface area contributed by atoms with Crippen LogP contribution in [0.5, 0.6) is 0 Å². The van der Waals surface area contributed by atoms with E-state index >= 15 is 0 Å². The van der Waals surface area contributed by atoms with Crippen molar-refractivity contribution in [1.82, 2.24) is 10.2 Å². The molecule has 1 aliphatic rings. The molecule has 3 nitrogen and oxygen atoms in total. The van der Waals surface area contributed by atoms with Gasteiger partial charge in [0, 0.05) is 32.8 Å². The predicted octanol–water partition coefficient (Wildman–Crippen LogP) is 2.26. The van der Waals surface area contributed by atoms with Gasteiger partial charge in [0.15, 0.2) is 0 Å². The van der Waals surface area contributed by atoms with E-state index in [4.69, 9.17) is 4.74 Å². The first-order valence-electron chi connectivity index (χ1n) is 7.26. The molecule has 0 aromatic heterocycles. The highest BCUT2D eigenvalue weighted by molar-refractivity contribution is 5.22. The molecule has 0 radical (unpaired) electrons. The predicted molar refractivity (Wildman–Crippen MR) is 79.1 cm³/mol. The summed E-state index contributed by atoms with van der Waals surface area (Å²) in [6.07, 6.45) is 2.43. The highest BCUT2D eigenvalue weighted by Crippen LogP contribution is 2.16. The molecule has 0 atom stereocenters. The Kier molecular flexibility index (Phi) is 5.83. The molecular formula is C16H26N2O. The summed E-state index contributed by atoms with van der Waals surface area (Å²) in [7, 11) is 4.20. The maximum Gasteiger partial charge on any atom is 0.0469 e. The van der Waals surface area contributed by atoms with Crippen molar-refractivity contribution in [2.75, 3.05) is 33.9 Å². The average molecular weight is 262 g/mol. The van der Waals surface area contributed by atoms with Gasteiger partial charge in [-0.05, 0) is 44.0 Å². The highest BCUT2D eigenvalue weighted by Gasteiger charge is 2.15. The van der Waals surface area contributed by atoms with Crippen molar-refractivity contribution in [3.63, 3.8) is 0 Å². The summed E-state index contributed by atoms with van der Waals surface area (Å²) in [5, 5.41) is 3.18. The standard InChI is InChI=1S/C16H26N2O/c1-17-11-14-3-5-15(6-4-14)12-18(2)13-16-7-9-19-10-8-16/h3-6,16-17H,7-13H2,1-2H3. The first-order chi connectivity index (χ1) is 9.28. The summed E-state index contributed by atoms with van der Waals surface area (Å²) < 4.78 is 5.41. The van der Waals surface area contributed by atoms with Crippen LogP contribution in [-0.4, -0.2) is 38.8 Å². The van der Waals surface area contributed by atoms with E-state index in [0.29, 0.717) is 0 Å². The molecule has 0 spiro atoms. The molecule has 0 amide bonds. The number of nitrogens with zero attached hydrogens (tertiary/aromatic N) is 1. The Bertz CT molecular complexity index is 358. The SMILES string of the molecule is CNCc1ccc(CN(C)CC2CCOCC2)cc1. The van der Waals surface area contributed by atoms with Crippen molar-refractivity contribution in [1.29, 1.82) is 0 Å². The van der Waals surface area contributed by atoms with Crippen molar-refractivity contribution < 1.29 is 4.74 Å². The quantitative estimate of drug-likeness (QED) is 0.851. The van der Waals surface area contributed by atoms with Gasteiger partial charge in [0.1, 0.15) is 0 Å². The van der Waals surface area contributed by atoms with Crippen LogP contribution in [0.15, 0.2) is 24.3 Å². The fourth-order valence-electron chi connectivity index (χ4n) is 2.71. The normalized spacial score (nSPS) is 17.0. The van der Waals surface area contributed by atoms with Gasteiger partial charge in [0.25, 0.3) is 0 Å². The zero-order chi connectivity index (χ0) is 13.5. The number of hydrogen-bond acceptors (Lipinski definition) is 3. The number of benzene rings is 1. The Morgan fingerprint density at radius 3 is 2.42 bits per heavy atom. The Labute approximate surface area is 116 Å². The molecule has 19 heavy (non-hydrogen) atoms. The lowest BCUT2D eigenvalue weighted by Gasteiger charge is -2.27. The Hall–Kier alpha value is -0.900. The second-order valence-corrected chi connectivity index (χ2v) is 5.60. The Balaban J connectivity index is 1.78. The van der Waals surface area contributed by atoms with Crippen LogP contribution in [0.4, 0.5) is 0 Å². The van der Waals surface area contributed by atoms with E-state index < -0.39 is 0 Å². The van der Waals surface area contributed by atoms with Crippen molar-refractivity contribution >= 4 is 0 Å². The lowest BCUT2D eigenvalue weighted by molar-refractivity contribution is 0.0549. The second kappa shape index (κ2) is 7.63. The van der Waals surface area contributed by atoms with Crippen molar-refractivity contribution in [3.05, 3.63) is 35.4 Å². The van der Waals surface area contributed by atoms with Crippen molar-refractivity contribution in [2.24, 2.45) is 5.92 Å². The van der Waals surface area contributed by atoms with Crippen LogP contribution in [0.1, 0.15) is 24.0 Å². The summed E-state index contributed by atoms with van der Waals surface area (Å²) in [6, 6.07) is 8.92. The number of nitrogens with one attached hydrogen (secondary N) is 1. The maximum atomic E-state index is 5.41. The topological polar surface area (TPSA) is 24.5 Å². The van der Waals surface area contributed by atoms with Crippen LogP contribution in [-0.2, 0) is 17.8 Å². The molecule has 1 saturated heterocycles. The van der Waals surface area contributed by atoms with Crippen LogP contribution >= 0.6 is 0 Å². The average Bonchev–Trinajstić information content (AvgIpc) is 2.42. The third kappa shape index (κ3) is 4.94. The lowest BCUT2D eigenvalue weighted by Crippen LogP contribution is -2.29. The third-order valence-corrected chi connectivity index (χ3v) is 3.77. The first-order valence-corrected chi connectivity index (χ1v) is 7.26. The van der Waals surface area contributed by atoms with Gasteiger partial charge >= 0.3 is 0 Å². The van der Waals surface area contributed by atoms with Crippen LogP contribution in [0, 0.1) is 5.92 Å². The summed E-state index contributed by atoms with van der Waals surface area (Å²) in [6.45, 7) is 5.05. The van der Waals surface area contributed by atoms with Crippen molar-refractivity contribution in [2.45, 2.75) is 25.9 Å². The smallest absolute Gasteiger partial charge is 0.0469 e. The molecule has 2 rings (SSSR count). The molecule has 0 aliphatic carbocycles. The minimum Gasteiger partial charge on any atom is -0.381 e. The van der Waals surface area contributed by atoms with E-state index in [1.807, 2.05) is 7.05 Å². The zero-order valence-electron chi connectivity index (χ0n) is 12.2. The molecule has 1 fully saturated rings. The summed E-state index contributed by atoms with van der Waals surface area (Å²) >= 11 is 0. The van der Waals surface area contributed by atoms with Gasteiger partial charge in [-0.15, -0.1) is 0 Å². The maximum absolute atomic E-state index is 5.41. The molecule has 1 N–H and O–H groups in total. The van der Waals surface area contributed by atoms with Gasteiger partial charge in [-0.3, -0.25) is 0 Å². The van der Waals surface area contributed by atoms with E-state index in [0.717, 1.165) is 32.2 Å². The number of ether oxygens (including phenoxy) is 1. The van der Waals surface area contributed by atoms with Gasteiger partial charge in [-0.2, -0.15) is 0 Å². The lowest BCUT2D eigenvalue weighted by atomic mass is 9.99. The van der Waals surface area contributed by atoms with E-state index in [1.54, 1.807) is 0 Å². The third-order valence-electron chi connectivity index (χ3n) is 3.77. The highest BCUT2D eigenvalue weighted by atomic mass is 16.5. The minimum atomic E-state index is 0.808. The van der Waals surface area contributed by atoms with Gasteiger partial charge in [-0.1, -0.05) is 24.3 Å². The molecule has 1 heterocycles. The van der Waals surface area contributed by atoms with Crippen LogP contribution in [0.25, 0.3) is 0 Å². The molecule has 3 heteroatoms. The molecule has 1 aliphatic heterocycles. The molecule has 1 aromatic rings. The van der Waals surface area contributed by atoms with E-state index in [9.17, 15) is 0 Å². The van der Waals surface area contributed by atoms with Crippen LogP contribution in [0.3, 0.4) is 0 Å². The van der Waals surface area contributed by atoms with E-state index in [1.165, 1.54) is 30.5 Å². The molecule has 0 saturated carbocycles. The monoisotopic (exact) mass is 262 g/mol. The van der Waals surface area contributed by atoms with Crippen molar-refractivity contribution in [3.8, 4) is 0 Å². The van der Waals surface area contributed by atoms with E-state index in [-0.39, 0.29) is 0 Å². The Morgan fingerprint density at radius 2 is 1.79 bits per heavy atom. The molecule has 106 valence electrons. The zero-order valence-corrected chi connectivity index (χ0v) is 12.2. The Morgan fingerprint density at radius 1 is 1.16 bits per heavy atom. The molecule has 1 aromatic carbocycles. The number of rotatable bonds is 6. The molecular weight excluding hydrogens is 236 g/mol. The fourth-order valence-corrected chi connectivity index (χ4v) is 2.71. The molecule has 0 unspecified atom stereocenters. The largest absolute Gasteiger partial charge is 0.381 e. The summed E-state index contributed by atoms with van der Waals surface area (Å²) in [4.78, 5) is 2.43. The van der Waals surface area contributed by atoms with Gasteiger partial charge in [0.05, 0.1) is 0 Å². The second-order valence-electron chi connectivity index (χ2n) is 5.60. The van der Waals surface area contributed by atoms with Gasteiger partial charge in [-0.25, -0.2) is 0 Å². The fraction of sp³-hybridized carbons (Fsp3) is 0.625. The summed E-state index contributed by atoms with van der Waals surface area (Å²) in [5.41, 5.74) is 2.74. The van der Waals surface area contributed by atoms with E-state index in [2.05, 4.69) is 41.5 Å². The first kappa shape index (κ1) is 14.5. The van der Waals surface area contributed by atoms with Gasteiger partial charge < -0.3 is 15.0 Å². The van der Waals surface area contributed by atoms with Crippen LogP contribution in [0.2, 0.25) is 0 Å². The summed E-state index contributed by atoms with van der Waals surface area (Å²) in [5.74, 6) is 0.808. The van der Waals surface area contributed by atoms with Gasteiger partial charge in [0.2, 0.25) is 0 Å². The number of hydrogen-bond donors (Lipinski definition) is 1.